The van der Waals surface area contributed by atoms with E-state index in [1.54, 1.807) is 5.06 Å². The number of ether oxygens (including phenoxy) is 2. The van der Waals surface area contributed by atoms with E-state index in [2.05, 4.69) is 32.4 Å². The number of hydroxylamine groups is 2. The van der Waals surface area contributed by atoms with Crippen molar-refractivity contribution in [1.29, 1.82) is 0 Å². The number of carbonyl (C=O) groups is 1. The molecule has 2 aliphatic rings. The molecule has 0 aliphatic carbocycles. The maximum absolute atomic E-state index is 11.3. The van der Waals surface area contributed by atoms with Gasteiger partial charge in [0.2, 0.25) is 0 Å². The summed E-state index contributed by atoms with van der Waals surface area (Å²) in [5.41, 5.74) is -0.526. The molecule has 0 atom stereocenters. The van der Waals surface area contributed by atoms with Crippen LogP contribution in [0.3, 0.4) is 0 Å². The zero-order chi connectivity index (χ0) is 12.9. The summed E-state index contributed by atoms with van der Waals surface area (Å²) < 4.78 is 10.2. The van der Waals surface area contributed by atoms with Gasteiger partial charge in [-0.25, -0.2) is 4.79 Å². The normalized spacial score (nSPS) is 28.8. The van der Waals surface area contributed by atoms with Gasteiger partial charge in [-0.05, 0) is 40.5 Å². The summed E-state index contributed by atoms with van der Waals surface area (Å²) in [7, 11) is 1.32. The van der Waals surface area contributed by atoms with E-state index in [-0.39, 0.29) is 16.7 Å². The number of methoxy groups -OCH3 is 1. The molecule has 0 radical (unpaired) electrons. The molecule has 5 heteroatoms. The van der Waals surface area contributed by atoms with Crippen LogP contribution in [0.25, 0.3) is 0 Å². The highest BCUT2D eigenvalue weighted by molar-refractivity contribution is 5.59. The van der Waals surface area contributed by atoms with Crippen molar-refractivity contribution in [3.05, 3.63) is 0 Å². The monoisotopic (exact) mass is 243 g/mol. The Morgan fingerprint density at radius 3 is 2.00 bits per heavy atom. The highest BCUT2D eigenvalue weighted by Crippen LogP contribution is 2.51. The molecule has 0 unspecified atom stereocenters. The zero-order valence-electron chi connectivity index (χ0n) is 11.2. The predicted octanol–water partition coefficient (Wildman–Crippen LogP) is 2.11. The minimum absolute atomic E-state index is 0.0109. The Balaban J connectivity index is 2.19. The van der Waals surface area contributed by atoms with Crippen LogP contribution in [-0.4, -0.2) is 41.6 Å². The average Bonchev–Trinajstić information content (AvgIpc) is 2.89. The second kappa shape index (κ2) is 3.59. The first kappa shape index (κ1) is 12.6. The van der Waals surface area contributed by atoms with Crippen LogP contribution < -0.4 is 0 Å². The van der Waals surface area contributed by atoms with E-state index in [1.165, 1.54) is 7.11 Å². The fourth-order valence-electron chi connectivity index (χ4n) is 3.27. The van der Waals surface area contributed by atoms with Gasteiger partial charge in [0.25, 0.3) is 0 Å². The molecule has 0 bridgehead atoms. The predicted molar refractivity (Wildman–Crippen MR) is 61.4 cm³/mol. The zero-order valence-corrected chi connectivity index (χ0v) is 11.2. The van der Waals surface area contributed by atoms with Gasteiger partial charge in [0.15, 0.2) is 0 Å². The number of hydrogen-bond donors (Lipinski definition) is 0. The Kier molecular flexibility index (Phi) is 2.67. The molecule has 0 amide bonds. The molecule has 17 heavy (non-hydrogen) atoms. The van der Waals surface area contributed by atoms with Crippen LogP contribution in [0.1, 0.15) is 40.5 Å². The fourth-order valence-corrected chi connectivity index (χ4v) is 3.27. The van der Waals surface area contributed by atoms with Crippen LogP contribution in [-0.2, 0) is 14.3 Å². The Hall–Kier alpha value is -0.810. The largest absolute Gasteiger partial charge is 0.527 e. The quantitative estimate of drug-likeness (QED) is 0.521. The SMILES string of the molecule is COC(=O)ON1C(C)(C)CC2(CO2)CC1(C)C. The van der Waals surface area contributed by atoms with E-state index in [1.807, 2.05) is 0 Å². The van der Waals surface area contributed by atoms with Gasteiger partial charge in [0.1, 0.15) is 0 Å². The standard InChI is InChI=1S/C12H21NO4/c1-10(2)6-12(8-16-12)7-11(3,4)13(10)17-9(14)15-5/h6-8H2,1-5H3. The van der Waals surface area contributed by atoms with E-state index >= 15 is 0 Å². The van der Waals surface area contributed by atoms with Crippen molar-refractivity contribution in [2.24, 2.45) is 0 Å². The molecule has 5 nitrogen and oxygen atoms in total. The lowest BCUT2D eigenvalue weighted by Gasteiger charge is -2.51. The Morgan fingerprint density at radius 2 is 1.65 bits per heavy atom. The van der Waals surface area contributed by atoms with Gasteiger partial charge in [0, 0.05) is 0 Å². The number of epoxide rings is 1. The highest BCUT2D eigenvalue weighted by Gasteiger charge is 2.60. The van der Waals surface area contributed by atoms with Crippen LogP contribution >= 0.6 is 0 Å². The van der Waals surface area contributed by atoms with E-state index in [9.17, 15) is 4.79 Å². The summed E-state index contributed by atoms with van der Waals surface area (Å²) in [6.07, 6.45) is 1.06. The van der Waals surface area contributed by atoms with Gasteiger partial charge in [-0.15, -0.1) is 5.06 Å². The van der Waals surface area contributed by atoms with Crippen molar-refractivity contribution in [2.45, 2.75) is 57.2 Å². The van der Waals surface area contributed by atoms with Gasteiger partial charge in [-0.2, -0.15) is 0 Å². The van der Waals surface area contributed by atoms with Crippen molar-refractivity contribution in [3.63, 3.8) is 0 Å². The van der Waals surface area contributed by atoms with E-state index < -0.39 is 6.16 Å². The van der Waals surface area contributed by atoms with Gasteiger partial charge >= 0.3 is 6.16 Å². The number of hydrogen-bond acceptors (Lipinski definition) is 5. The number of nitrogens with zero attached hydrogens (tertiary/aromatic N) is 1. The third kappa shape index (κ3) is 2.26. The topological polar surface area (TPSA) is 51.3 Å². The smallest absolute Gasteiger partial charge is 0.436 e. The molecule has 0 aromatic carbocycles. The first-order valence-electron chi connectivity index (χ1n) is 5.91. The van der Waals surface area contributed by atoms with E-state index in [0.717, 1.165) is 19.4 Å². The second-order valence-corrected chi connectivity index (χ2v) is 6.29. The van der Waals surface area contributed by atoms with Crippen molar-refractivity contribution in [2.75, 3.05) is 13.7 Å². The van der Waals surface area contributed by atoms with E-state index in [0.29, 0.717) is 0 Å². The molecule has 0 N–H and O–H groups in total. The van der Waals surface area contributed by atoms with Gasteiger partial charge in [-0.3, -0.25) is 0 Å². The molecular weight excluding hydrogens is 222 g/mol. The number of piperidine rings is 1. The molecule has 0 aromatic heterocycles. The first-order valence-corrected chi connectivity index (χ1v) is 5.91. The summed E-state index contributed by atoms with van der Waals surface area (Å²) in [4.78, 5) is 16.6. The molecule has 1 spiro atoms. The number of rotatable bonds is 1. The maximum atomic E-state index is 11.3. The summed E-state index contributed by atoms with van der Waals surface area (Å²) in [6.45, 7) is 9.03. The molecule has 2 fully saturated rings. The molecule has 0 saturated carbocycles. The van der Waals surface area contributed by atoms with Crippen molar-refractivity contribution in [3.8, 4) is 0 Å². The average molecular weight is 243 g/mol. The minimum atomic E-state index is -0.668. The van der Waals surface area contributed by atoms with Crippen molar-refractivity contribution < 1.29 is 19.1 Å². The maximum Gasteiger partial charge on any atom is 0.527 e. The molecule has 2 aliphatic heterocycles. The third-order valence-corrected chi connectivity index (χ3v) is 3.49. The first-order chi connectivity index (χ1) is 7.71. The van der Waals surface area contributed by atoms with Gasteiger partial charge in [-0.1, -0.05) is 0 Å². The number of carbonyl (C=O) groups excluding carboxylic acids is 1. The summed E-state index contributed by atoms with van der Waals surface area (Å²) in [6, 6.07) is 0. The Bertz CT molecular complexity index is 313. The van der Waals surface area contributed by atoms with Crippen LogP contribution in [0.5, 0.6) is 0 Å². The highest BCUT2D eigenvalue weighted by atomic mass is 16.8. The summed E-state index contributed by atoms with van der Waals surface area (Å²) in [5, 5.41) is 1.75. The third-order valence-electron chi connectivity index (χ3n) is 3.49. The van der Waals surface area contributed by atoms with Crippen molar-refractivity contribution in [1.82, 2.24) is 5.06 Å². The fraction of sp³-hybridized carbons (Fsp3) is 0.917. The molecule has 2 rings (SSSR count). The van der Waals surface area contributed by atoms with E-state index in [4.69, 9.17) is 9.57 Å². The van der Waals surface area contributed by atoms with Gasteiger partial charge < -0.3 is 14.3 Å². The molecular formula is C12H21NO4. The Morgan fingerprint density at radius 1 is 1.18 bits per heavy atom. The second-order valence-electron chi connectivity index (χ2n) is 6.29. The molecule has 2 heterocycles. The molecule has 98 valence electrons. The summed E-state index contributed by atoms with van der Waals surface area (Å²) >= 11 is 0. The summed E-state index contributed by atoms with van der Waals surface area (Å²) in [5.74, 6) is 0. The molecule has 2 saturated heterocycles. The van der Waals surface area contributed by atoms with Crippen LogP contribution in [0.2, 0.25) is 0 Å². The van der Waals surface area contributed by atoms with Crippen LogP contribution in [0.15, 0.2) is 0 Å². The lowest BCUT2D eigenvalue weighted by Crippen LogP contribution is -2.63. The Labute approximate surface area is 102 Å². The lowest BCUT2D eigenvalue weighted by molar-refractivity contribution is -0.259. The van der Waals surface area contributed by atoms with Crippen LogP contribution in [0.4, 0.5) is 4.79 Å². The minimum Gasteiger partial charge on any atom is -0.436 e. The van der Waals surface area contributed by atoms with Gasteiger partial charge in [0.05, 0.1) is 30.4 Å². The van der Waals surface area contributed by atoms with Crippen LogP contribution in [0, 0.1) is 0 Å². The molecule has 0 aromatic rings. The van der Waals surface area contributed by atoms with Crippen molar-refractivity contribution >= 4 is 6.16 Å². The lowest BCUT2D eigenvalue weighted by atomic mass is 9.75.